The second kappa shape index (κ2) is 10.3. The summed E-state index contributed by atoms with van der Waals surface area (Å²) < 4.78 is 35.1. The molecule has 0 radical (unpaired) electrons. The first-order chi connectivity index (χ1) is 16.7. The monoisotopic (exact) mass is 581 g/mol. The summed E-state index contributed by atoms with van der Waals surface area (Å²) >= 11 is 12.4. The van der Waals surface area contributed by atoms with Gasteiger partial charge in [0.15, 0.2) is 17.8 Å². The molecule has 0 bridgehead atoms. The van der Waals surface area contributed by atoms with E-state index < -0.39 is 45.6 Å². The normalized spacial score (nSPS) is 24.2. The first-order valence-electron chi connectivity index (χ1n) is 10.5. The largest absolute Gasteiger partial charge is 0.387 e. The Hall–Kier alpha value is -1.63. The molecule has 17 heteroatoms. The SMILES string of the molecule is C[C@]1(O)C[C@H](n2ncc3c(NCc4ccccc4Cl)nc(Cl)nc32)O[C@@H]1COP(=O)(O)CP(=O)(O)O. The molecule has 4 atom stereocenters. The molecule has 0 saturated carbocycles. The van der Waals surface area contributed by atoms with Crippen LogP contribution in [0.1, 0.15) is 25.1 Å². The number of rotatable bonds is 9. The Morgan fingerprint density at radius 2 is 1.97 bits per heavy atom. The fourth-order valence-corrected chi connectivity index (χ4v) is 6.68. The Morgan fingerprint density at radius 1 is 1.25 bits per heavy atom. The van der Waals surface area contributed by atoms with Crippen LogP contribution in [0.4, 0.5) is 5.82 Å². The Bertz CT molecular complexity index is 1370. The smallest absolute Gasteiger partial charge is 0.340 e. The molecular formula is C19H23Cl2N5O8P2. The Labute approximate surface area is 215 Å². The molecule has 13 nitrogen and oxygen atoms in total. The fraction of sp³-hybridized carbons (Fsp3) is 0.421. The van der Waals surface area contributed by atoms with Crippen LogP contribution in [0, 0.1) is 0 Å². The van der Waals surface area contributed by atoms with Crippen LogP contribution >= 0.6 is 38.4 Å². The highest BCUT2D eigenvalue weighted by molar-refractivity contribution is 7.70. The number of halogens is 2. The molecule has 36 heavy (non-hydrogen) atoms. The van der Waals surface area contributed by atoms with Crippen molar-refractivity contribution in [1.29, 1.82) is 0 Å². The summed E-state index contributed by atoms with van der Waals surface area (Å²) in [6.45, 7) is 1.21. The number of hydrogen-bond acceptors (Lipinski definition) is 9. The molecule has 1 fully saturated rings. The van der Waals surface area contributed by atoms with Gasteiger partial charge in [-0.05, 0) is 30.2 Å². The van der Waals surface area contributed by atoms with Gasteiger partial charge < -0.3 is 34.4 Å². The molecule has 1 unspecified atom stereocenters. The maximum Gasteiger partial charge on any atom is 0.340 e. The van der Waals surface area contributed by atoms with Crippen molar-refractivity contribution in [2.24, 2.45) is 0 Å². The molecule has 2 aromatic heterocycles. The second-order valence-electron chi connectivity index (χ2n) is 8.49. The van der Waals surface area contributed by atoms with Crippen molar-refractivity contribution < 1.29 is 38.2 Å². The van der Waals surface area contributed by atoms with Crippen LogP contribution in [-0.2, 0) is 24.9 Å². The zero-order chi connectivity index (χ0) is 26.3. The topological polar surface area (TPSA) is 189 Å². The minimum atomic E-state index is -4.79. The molecule has 1 aliphatic rings. The second-order valence-corrected chi connectivity index (χ2v) is 13.2. The van der Waals surface area contributed by atoms with Crippen molar-refractivity contribution in [2.75, 3.05) is 17.8 Å². The summed E-state index contributed by atoms with van der Waals surface area (Å²) in [4.78, 5) is 36.1. The van der Waals surface area contributed by atoms with Crippen LogP contribution in [0.25, 0.3) is 11.0 Å². The molecular weight excluding hydrogens is 559 g/mol. The molecule has 1 aliphatic heterocycles. The van der Waals surface area contributed by atoms with Crippen molar-refractivity contribution in [3.63, 3.8) is 0 Å². The van der Waals surface area contributed by atoms with E-state index in [9.17, 15) is 19.1 Å². The number of anilines is 1. The highest BCUT2D eigenvalue weighted by Gasteiger charge is 2.47. The number of aromatic nitrogens is 4. The molecule has 0 spiro atoms. The molecule has 1 aromatic carbocycles. The van der Waals surface area contributed by atoms with Gasteiger partial charge >= 0.3 is 15.2 Å². The summed E-state index contributed by atoms with van der Waals surface area (Å²) in [5.74, 6) is -0.943. The molecule has 196 valence electrons. The highest BCUT2D eigenvalue weighted by Crippen LogP contribution is 2.55. The zero-order valence-electron chi connectivity index (χ0n) is 18.7. The van der Waals surface area contributed by atoms with E-state index in [1.54, 1.807) is 6.07 Å². The van der Waals surface area contributed by atoms with Gasteiger partial charge in [0.2, 0.25) is 5.28 Å². The Morgan fingerprint density at radius 3 is 2.67 bits per heavy atom. The number of ether oxygens (including phenoxy) is 1. The quantitative estimate of drug-likeness (QED) is 0.183. The molecule has 1 saturated heterocycles. The first-order valence-corrected chi connectivity index (χ1v) is 14.8. The number of fused-ring (bicyclic) bond motifs is 1. The van der Waals surface area contributed by atoms with Crippen LogP contribution in [-0.4, -0.2) is 63.8 Å². The first kappa shape index (κ1) is 27.4. The van der Waals surface area contributed by atoms with E-state index >= 15 is 0 Å². The van der Waals surface area contributed by atoms with Crippen molar-refractivity contribution in [3.8, 4) is 0 Å². The maximum absolute atomic E-state index is 12.0. The minimum Gasteiger partial charge on any atom is -0.387 e. The lowest BCUT2D eigenvalue weighted by Crippen LogP contribution is -2.37. The summed E-state index contributed by atoms with van der Waals surface area (Å²) in [7, 11) is -9.42. The fourth-order valence-electron chi connectivity index (χ4n) is 3.76. The third kappa shape index (κ3) is 6.43. The predicted octanol–water partition coefficient (Wildman–Crippen LogP) is 3.12. The number of nitrogens with one attached hydrogen (secondary N) is 1. The number of aliphatic hydroxyl groups is 1. The van der Waals surface area contributed by atoms with E-state index in [-0.39, 0.29) is 11.7 Å². The van der Waals surface area contributed by atoms with Crippen LogP contribution in [0.5, 0.6) is 0 Å². The van der Waals surface area contributed by atoms with Crippen LogP contribution in [0.15, 0.2) is 30.5 Å². The molecule has 4 rings (SSSR count). The lowest BCUT2D eigenvalue weighted by atomic mass is 9.98. The molecule has 3 aromatic rings. The summed E-state index contributed by atoms with van der Waals surface area (Å²) in [6.07, 6.45) is -0.442. The van der Waals surface area contributed by atoms with Gasteiger partial charge in [0.1, 0.15) is 11.9 Å². The Balaban J connectivity index is 1.53. The summed E-state index contributed by atoms with van der Waals surface area (Å²) in [5.41, 5.74) is -0.367. The molecule has 3 heterocycles. The molecule has 0 aliphatic carbocycles. The summed E-state index contributed by atoms with van der Waals surface area (Å²) in [6, 6.07) is 7.31. The standard InChI is InChI=1S/C19H23Cl2N5O8P2/c1-19(27)6-15(34-14(19)9-33-36(31,32)10-35(28,29)30)26-17-12(8-23-26)16(24-18(21)25-17)22-7-11-4-2-3-5-13(11)20/h2-5,8,14-15,27H,6-7,9-10H2,1H3,(H,31,32)(H,22,24,25)(H2,28,29,30)/t14-,15-,19+/m1/s1. The van der Waals surface area contributed by atoms with Gasteiger partial charge in [0.25, 0.3) is 0 Å². The van der Waals surface area contributed by atoms with E-state index in [4.69, 9.17) is 42.2 Å². The average Bonchev–Trinajstić information content (AvgIpc) is 3.29. The third-order valence-corrected chi connectivity index (χ3v) is 9.49. The Kier molecular flexibility index (Phi) is 7.81. The van der Waals surface area contributed by atoms with Crippen LogP contribution in [0.3, 0.4) is 0 Å². The van der Waals surface area contributed by atoms with E-state index in [0.29, 0.717) is 28.4 Å². The molecule has 0 amide bonds. The highest BCUT2D eigenvalue weighted by atomic mass is 35.5. The van der Waals surface area contributed by atoms with Gasteiger partial charge in [-0.3, -0.25) is 9.13 Å². The van der Waals surface area contributed by atoms with Crippen LogP contribution in [0.2, 0.25) is 10.3 Å². The van der Waals surface area contributed by atoms with Gasteiger partial charge in [0, 0.05) is 18.0 Å². The zero-order valence-corrected chi connectivity index (χ0v) is 22.0. The van der Waals surface area contributed by atoms with E-state index in [0.717, 1.165) is 5.56 Å². The summed E-state index contributed by atoms with van der Waals surface area (Å²) in [5, 5.41) is 19.3. The minimum absolute atomic E-state index is 0.00996. The van der Waals surface area contributed by atoms with Gasteiger partial charge in [0.05, 0.1) is 23.8 Å². The van der Waals surface area contributed by atoms with Gasteiger partial charge in [-0.1, -0.05) is 29.8 Å². The number of benzene rings is 1. The van der Waals surface area contributed by atoms with Gasteiger partial charge in [-0.15, -0.1) is 0 Å². The third-order valence-electron chi connectivity index (χ3n) is 5.50. The lowest BCUT2D eigenvalue weighted by molar-refractivity contribution is -0.0723. The number of hydrogen-bond donors (Lipinski definition) is 5. The van der Waals surface area contributed by atoms with E-state index in [1.807, 2.05) is 18.2 Å². The van der Waals surface area contributed by atoms with Crippen molar-refractivity contribution >= 4 is 55.2 Å². The van der Waals surface area contributed by atoms with Crippen molar-refractivity contribution in [1.82, 2.24) is 19.7 Å². The lowest BCUT2D eigenvalue weighted by Gasteiger charge is -2.24. The molecule has 5 N–H and O–H groups in total. The van der Waals surface area contributed by atoms with Gasteiger partial charge in [-0.25, -0.2) is 4.68 Å². The predicted molar refractivity (Wildman–Crippen MR) is 131 cm³/mol. The van der Waals surface area contributed by atoms with E-state index in [1.165, 1.54) is 17.8 Å². The van der Waals surface area contributed by atoms with Crippen LogP contribution < -0.4 is 5.32 Å². The average molecular weight is 582 g/mol. The van der Waals surface area contributed by atoms with Crippen molar-refractivity contribution in [2.45, 2.75) is 37.8 Å². The van der Waals surface area contributed by atoms with Crippen molar-refractivity contribution in [3.05, 3.63) is 46.3 Å². The maximum atomic E-state index is 12.0. The number of nitrogens with zero attached hydrogens (tertiary/aromatic N) is 4. The van der Waals surface area contributed by atoms with Gasteiger partial charge in [-0.2, -0.15) is 15.1 Å². The van der Waals surface area contributed by atoms with E-state index in [2.05, 4.69) is 20.4 Å².